The maximum absolute atomic E-state index is 11.6. The number of nitrogens with zero attached hydrogens (tertiary/aromatic N) is 2. The lowest BCUT2D eigenvalue weighted by Gasteiger charge is -2.02. The average molecular weight is 395 g/mol. The van der Waals surface area contributed by atoms with Gasteiger partial charge < -0.3 is 0 Å². The van der Waals surface area contributed by atoms with Gasteiger partial charge in [-0.15, -0.1) is 10.2 Å². The van der Waals surface area contributed by atoms with E-state index in [-0.39, 0.29) is 11.7 Å². The van der Waals surface area contributed by atoms with Gasteiger partial charge in [-0.25, -0.2) is 13.1 Å². The molecule has 0 spiro atoms. The molecular weight excluding hydrogens is 383 g/mol. The van der Waals surface area contributed by atoms with E-state index in [0.717, 1.165) is 11.8 Å². The Balaban J connectivity index is 1.96. The van der Waals surface area contributed by atoms with Crippen LogP contribution in [0.3, 0.4) is 0 Å². The second-order valence-electron chi connectivity index (χ2n) is 4.55. The predicted octanol–water partition coefficient (Wildman–Crippen LogP) is 1.92. The number of amides is 1. The zero-order valence-electron chi connectivity index (χ0n) is 11.8. The number of benzene rings is 1. The zero-order chi connectivity index (χ0) is 17.0. The van der Waals surface area contributed by atoms with E-state index in [9.17, 15) is 13.2 Å². The minimum atomic E-state index is -3.42. The van der Waals surface area contributed by atoms with Crippen molar-refractivity contribution in [1.82, 2.24) is 14.9 Å². The summed E-state index contributed by atoms with van der Waals surface area (Å²) in [7, 11) is -3.42. The highest BCUT2D eigenvalue weighted by Gasteiger charge is 2.11. The maximum Gasteiger partial charge on any atom is 0.241 e. The van der Waals surface area contributed by atoms with Gasteiger partial charge in [-0.05, 0) is 17.7 Å². The summed E-state index contributed by atoms with van der Waals surface area (Å²) in [6.45, 7) is -0.364. The molecule has 0 aliphatic heterocycles. The van der Waals surface area contributed by atoms with Crippen LogP contribution in [0.2, 0.25) is 10.0 Å². The molecule has 0 aliphatic rings. The van der Waals surface area contributed by atoms with E-state index in [2.05, 4.69) is 20.2 Å². The highest BCUT2D eigenvalue weighted by atomic mass is 35.5. The molecule has 23 heavy (non-hydrogen) atoms. The van der Waals surface area contributed by atoms with Gasteiger partial charge in [0.05, 0.1) is 12.8 Å². The summed E-state index contributed by atoms with van der Waals surface area (Å²) in [6, 6.07) is 5.16. The van der Waals surface area contributed by atoms with Crippen LogP contribution in [0.4, 0.5) is 5.13 Å². The van der Waals surface area contributed by atoms with Crippen molar-refractivity contribution in [3.05, 3.63) is 38.8 Å². The molecule has 2 aromatic rings. The van der Waals surface area contributed by atoms with Crippen LogP contribution < -0.4 is 10.0 Å². The molecule has 0 bridgehead atoms. The van der Waals surface area contributed by atoms with Crippen molar-refractivity contribution >= 4 is 55.6 Å². The third-order valence-corrected chi connectivity index (χ3v) is 4.66. The molecule has 11 heteroatoms. The number of sulfonamides is 1. The second-order valence-corrected chi connectivity index (χ2v) is 8.29. The van der Waals surface area contributed by atoms with E-state index in [4.69, 9.17) is 23.2 Å². The number of halogens is 2. The Bertz CT molecular complexity index is 823. The van der Waals surface area contributed by atoms with Gasteiger partial charge in [-0.2, -0.15) is 0 Å². The molecule has 1 aromatic heterocycles. The Morgan fingerprint density at radius 2 is 2.04 bits per heavy atom. The van der Waals surface area contributed by atoms with Gasteiger partial charge in [0.15, 0.2) is 0 Å². The Hall–Kier alpha value is -1.26. The Kier molecular flexibility index (Phi) is 5.93. The molecule has 1 aromatic carbocycles. The summed E-state index contributed by atoms with van der Waals surface area (Å²) >= 11 is 13.1. The molecule has 0 radical (unpaired) electrons. The molecule has 0 saturated heterocycles. The molecule has 0 unspecified atom stereocenters. The molecule has 1 heterocycles. The van der Waals surface area contributed by atoms with Crippen LogP contribution in [0, 0.1) is 0 Å². The molecule has 0 fully saturated rings. The standard InChI is InChI=1S/C12H12Cl2N4O3S2/c1-23(20,21)15-6-10(19)16-12-18-17-11(22-12)4-7-2-3-8(13)5-9(7)14/h2-3,5,15H,4,6H2,1H3,(H,16,18,19). The molecule has 1 amide bonds. The quantitative estimate of drug-likeness (QED) is 0.778. The highest BCUT2D eigenvalue weighted by molar-refractivity contribution is 7.88. The first-order valence-corrected chi connectivity index (χ1v) is 9.70. The number of rotatable bonds is 6. The lowest BCUT2D eigenvalue weighted by molar-refractivity contribution is -0.115. The van der Waals surface area contributed by atoms with Crippen molar-refractivity contribution in [3.8, 4) is 0 Å². The average Bonchev–Trinajstić information content (AvgIpc) is 2.86. The minimum absolute atomic E-state index is 0.283. The second kappa shape index (κ2) is 7.54. The molecular formula is C12H12Cl2N4O3S2. The van der Waals surface area contributed by atoms with Gasteiger partial charge >= 0.3 is 0 Å². The summed E-state index contributed by atoms with van der Waals surface area (Å²) < 4.78 is 23.9. The van der Waals surface area contributed by atoms with E-state index < -0.39 is 15.9 Å². The third kappa shape index (κ3) is 6.04. The summed E-state index contributed by atoms with van der Waals surface area (Å²) in [5, 5.41) is 12.3. The van der Waals surface area contributed by atoms with Crippen LogP contribution in [0.5, 0.6) is 0 Å². The largest absolute Gasteiger partial charge is 0.299 e. The van der Waals surface area contributed by atoms with Crippen LogP contribution in [0.1, 0.15) is 10.6 Å². The van der Waals surface area contributed by atoms with Gasteiger partial charge in [-0.1, -0.05) is 40.6 Å². The lowest BCUT2D eigenvalue weighted by Crippen LogP contribution is -2.32. The number of nitrogens with one attached hydrogen (secondary N) is 2. The minimum Gasteiger partial charge on any atom is -0.299 e. The smallest absolute Gasteiger partial charge is 0.241 e. The first-order valence-electron chi connectivity index (χ1n) is 6.24. The first-order chi connectivity index (χ1) is 10.7. The van der Waals surface area contributed by atoms with Crippen LogP contribution in [-0.4, -0.2) is 37.3 Å². The van der Waals surface area contributed by atoms with E-state index >= 15 is 0 Å². The van der Waals surface area contributed by atoms with Crippen molar-refractivity contribution in [2.24, 2.45) is 0 Å². The topological polar surface area (TPSA) is 101 Å². The number of carbonyl (C=O) groups excluding carboxylic acids is 1. The van der Waals surface area contributed by atoms with Gasteiger partial charge in [-0.3, -0.25) is 10.1 Å². The van der Waals surface area contributed by atoms with Gasteiger partial charge in [0.2, 0.25) is 21.1 Å². The molecule has 0 aliphatic carbocycles. The fraction of sp³-hybridized carbons (Fsp3) is 0.250. The van der Waals surface area contributed by atoms with Crippen molar-refractivity contribution in [3.63, 3.8) is 0 Å². The van der Waals surface area contributed by atoms with Crippen molar-refractivity contribution in [1.29, 1.82) is 0 Å². The van der Waals surface area contributed by atoms with Crippen LogP contribution >= 0.6 is 34.5 Å². The monoisotopic (exact) mass is 394 g/mol. The van der Waals surface area contributed by atoms with E-state index in [1.165, 1.54) is 11.3 Å². The number of hydrogen-bond donors (Lipinski definition) is 2. The van der Waals surface area contributed by atoms with Gasteiger partial charge in [0.1, 0.15) is 5.01 Å². The molecule has 2 rings (SSSR count). The normalized spacial score (nSPS) is 11.4. The first kappa shape index (κ1) is 18.1. The summed E-state index contributed by atoms with van der Waals surface area (Å²) in [4.78, 5) is 11.6. The molecule has 7 nitrogen and oxygen atoms in total. The van der Waals surface area contributed by atoms with Crippen molar-refractivity contribution < 1.29 is 13.2 Å². The molecule has 124 valence electrons. The number of aromatic nitrogens is 2. The highest BCUT2D eigenvalue weighted by Crippen LogP contribution is 2.25. The molecule has 0 saturated carbocycles. The summed E-state index contributed by atoms with van der Waals surface area (Å²) in [6.07, 6.45) is 1.42. The molecule has 2 N–H and O–H groups in total. The van der Waals surface area contributed by atoms with Crippen molar-refractivity contribution in [2.45, 2.75) is 6.42 Å². The fourth-order valence-electron chi connectivity index (χ4n) is 1.56. The van der Waals surface area contributed by atoms with E-state index in [1.54, 1.807) is 18.2 Å². The van der Waals surface area contributed by atoms with E-state index in [0.29, 0.717) is 21.5 Å². The third-order valence-electron chi connectivity index (χ3n) is 2.56. The summed E-state index contributed by atoms with van der Waals surface area (Å²) in [5.74, 6) is -0.525. The van der Waals surface area contributed by atoms with Gasteiger partial charge in [0, 0.05) is 16.5 Å². The Morgan fingerprint density at radius 3 is 2.70 bits per heavy atom. The zero-order valence-corrected chi connectivity index (χ0v) is 15.0. The predicted molar refractivity (Wildman–Crippen MR) is 90.7 cm³/mol. The summed E-state index contributed by atoms with van der Waals surface area (Å²) in [5.41, 5.74) is 0.837. The van der Waals surface area contributed by atoms with E-state index in [1.807, 2.05) is 0 Å². The Morgan fingerprint density at radius 1 is 1.30 bits per heavy atom. The van der Waals surface area contributed by atoms with Crippen LogP contribution in [0.15, 0.2) is 18.2 Å². The fourth-order valence-corrected chi connectivity index (χ4v) is 3.21. The van der Waals surface area contributed by atoms with Gasteiger partial charge in [0.25, 0.3) is 0 Å². The van der Waals surface area contributed by atoms with Crippen LogP contribution in [0.25, 0.3) is 0 Å². The molecule has 0 atom stereocenters. The maximum atomic E-state index is 11.6. The van der Waals surface area contributed by atoms with Crippen LogP contribution in [-0.2, 0) is 21.2 Å². The number of hydrogen-bond acceptors (Lipinski definition) is 6. The Labute approximate surface area is 147 Å². The lowest BCUT2D eigenvalue weighted by atomic mass is 10.2. The van der Waals surface area contributed by atoms with Crippen molar-refractivity contribution in [2.75, 3.05) is 18.1 Å². The number of anilines is 1. The number of carbonyl (C=O) groups is 1. The SMILES string of the molecule is CS(=O)(=O)NCC(=O)Nc1nnc(Cc2ccc(Cl)cc2Cl)s1.